The Morgan fingerprint density at radius 3 is 3.06 bits per heavy atom. The summed E-state index contributed by atoms with van der Waals surface area (Å²) in [6.45, 7) is 2.63. The zero-order chi connectivity index (χ0) is 13.0. The van der Waals surface area contributed by atoms with E-state index in [9.17, 15) is 4.79 Å². The first-order valence-corrected chi connectivity index (χ1v) is 7.31. The van der Waals surface area contributed by atoms with Crippen molar-refractivity contribution in [3.63, 3.8) is 0 Å². The number of carboxylic acid groups (broad SMARTS) is 1. The summed E-state index contributed by atoms with van der Waals surface area (Å²) in [5, 5.41) is 8.71. The molecule has 1 aromatic rings. The van der Waals surface area contributed by atoms with Gasteiger partial charge in [0.2, 0.25) is 0 Å². The second-order valence-corrected chi connectivity index (χ2v) is 5.61. The maximum Gasteiger partial charge on any atom is 0.316 e. The summed E-state index contributed by atoms with van der Waals surface area (Å²) >= 11 is 1.48. The number of carbonyl (C=O) groups is 1. The first-order chi connectivity index (χ1) is 8.72. The van der Waals surface area contributed by atoms with E-state index in [0.29, 0.717) is 12.2 Å². The predicted octanol–water partition coefficient (Wildman–Crippen LogP) is 2.90. The Bertz CT molecular complexity index is 419. The minimum absolute atomic E-state index is 0.0355. The van der Waals surface area contributed by atoms with Gasteiger partial charge in [-0.2, -0.15) is 0 Å². The lowest BCUT2D eigenvalue weighted by molar-refractivity contribution is -0.136. The number of aliphatic carboxylic acids is 1. The average molecular weight is 266 g/mol. The van der Waals surface area contributed by atoms with Crippen LogP contribution in [0, 0.1) is 0 Å². The standard InChI is InChI=1S/C14H18O3S/c1-2-13(14(15)16)18-9-12-11-6-4-3-5-10(11)7-8-17-12/h3-6,12-13H,2,7-9H2,1H3,(H,15,16). The third-order valence-corrected chi connectivity index (χ3v) is 4.62. The van der Waals surface area contributed by atoms with Crippen LogP contribution in [-0.2, 0) is 16.0 Å². The zero-order valence-corrected chi connectivity index (χ0v) is 11.3. The van der Waals surface area contributed by atoms with E-state index in [0.717, 1.165) is 13.0 Å². The molecule has 4 heteroatoms. The molecule has 0 spiro atoms. The van der Waals surface area contributed by atoms with E-state index in [1.807, 2.05) is 19.1 Å². The number of rotatable bonds is 5. The van der Waals surface area contributed by atoms with Crippen LogP contribution in [0.2, 0.25) is 0 Å². The third kappa shape index (κ3) is 3.06. The maximum absolute atomic E-state index is 11.0. The number of benzene rings is 1. The van der Waals surface area contributed by atoms with Crippen LogP contribution in [0.25, 0.3) is 0 Å². The fraction of sp³-hybridized carbons (Fsp3) is 0.500. The van der Waals surface area contributed by atoms with Gasteiger partial charge in [-0.05, 0) is 24.0 Å². The van der Waals surface area contributed by atoms with E-state index >= 15 is 0 Å². The second kappa shape index (κ2) is 6.25. The number of ether oxygens (including phenoxy) is 1. The molecular weight excluding hydrogens is 248 g/mol. The van der Waals surface area contributed by atoms with Crippen LogP contribution in [-0.4, -0.2) is 28.7 Å². The van der Waals surface area contributed by atoms with Crippen LogP contribution < -0.4 is 0 Å². The molecular formula is C14H18O3S. The van der Waals surface area contributed by atoms with E-state index in [2.05, 4.69) is 12.1 Å². The molecule has 2 unspecified atom stereocenters. The highest BCUT2D eigenvalue weighted by atomic mass is 32.2. The summed E-state index contributed by atoms with van der Waals surface area (Å²) in [6, 6.07) is 8.27. The van der Waals surface area contributed by atoms with Gasteiger partial charge in [0, 0.05) is 5.75 Å². The summed E-state index contributed by atoms with van der Waals surface area (Å²) in [4.78, 5) is 11.0. The van der Waals surface area contributed by atoms with Crippen LogP contribution in [0.5, 0.6) is 0 Å². The van der Waals surface area contributed by atoms with Gasteiger partial charge in [0.05, 0.1) is 12.7 Å². The van der Waals surface area contributed by atoms with Crippen molar-refractivity contribution in [2.45, 2.75) is 31.1 Å². The molecule has 1 N–H and O–H groups in total. The number of hydrogen-bond acceptors (Lipinski definition) is 3. The largest absolute Gasteiger partial charge is 0.480 e. The van der Waals surface area contributed by atoms with E-state index in [1.165, 1.54) is 22.9 Å². The van der Waals surface area contributed by atoms with Crippen molar-refractivity contribution in [2.75, 3.05) is 12.4 Å². The van der Waals surface area contributed by atoms with Crippen LogP contribution in [0.15, 0.2) is 24.3 Å². The molecule has 0 saturated carbocycles. The van der Waals surface area contributed by atoms with Gasteiger partial charge in [0.25, 0.3) is 0 Å². The summed E-state index contributed by atoms with van der Waals surface area (Å²) in [5.41, 5.74) is 2.55. The molecule has 1 heterocycles. The first kappa shape index (κ1) is 13.4. The molecule has 98 valence electrons. The third-order valence-electron chi connectivity index (χ3n) is 3.19. The fourth-order valence-corrected chi connectivity index (χ4v) is 3.24. The molecule has 0 fully saturated rings. The van der Waals surface area contributed by atoms with Crippen molar-refractivity contribution in [3.8, 4) is 0 Å². The van der Waals surface area contributed by atoms with Crippen molar-refractivity contribution in [1.29, 1.82) is 0 Å². The Labute approximate surface area is 112 Å². The van der Waals surface area contributed by atoms with Crippen LogP contribution >= 0.6 is 11.8 Å². The predicted molar refractivity (Wildman–Crippen MR) is 73.0 cm³/mol. The Morgan fingerprint density at radius 1 is 1.56 bits per heavy atom. The van der Waals surface area contributed by atoms with Crippen molar-refractivity contribution in [1.82, 2.24) is 0 Å². The highest BCUT2D eigenvalue weighted by molar-refractivity contribution is 8.00. The van der Waals surface area contributed by atoms with Gasteiger partial charge in [-0.3, -0.25) is 4.79 Å². The molecule has 0 aliphatic carbocycles. The summed E-state index contributed by atoms with van der Waals surface area (Å²) in [7, 11) is 0. The van der Waals surface area contributed by atoms with Crippen molar-refractivity contribution in [2.24, 2.45) is 0 Å². The second-order valence-electron chi connectivity index (χ2n) is 4.38. The average Bonchev–Trinajstić information content (AvgIpc) is 2.39. The minimum Gasteiger partial charge on any atom is -0.480 e. The normalized spacial score (nSPS) is 20.2. The van der Waals surface area contributed by atoms with E-state index in [1.54, 1.807) is 0 Å². The topological polar surface area (TPSA) is 46.5 Å². The molecule has 0 saturated heterocycles. The van der Waals surface area contributed by atoms with Gasteiger partial charge < -0.3 is 9.84 Å². The first-order valence-electron chi connectivity index (χ1n) is 6.26. The number of hydrogen-bond donors (Lipinski definition) is 1. The number of thioether (sulfide) groups is 1. The molecule has 0 bridgehead atoms. The van der Waals surface area contributed by atoms with Gasteiger partial charge in [-0.15, -0.1) is 11.8 Å². The highest BCUT2D eigenvalue weighted by Gasteiger charge is 2.23. The molecule has 2 atom stereocenters. The van der Waals surface area contributed by atoms with Crippen LogP contribution in [0.3, 0.4) is 0 Å². The molecule has 18 heavy (non-hydrogen) atoms. The molecule has 0 radical (unpaired) electrons. The van der Waals surface area contributed by atoms with Gasteiger partial charge in [-0.1, -0.05) is 31.2 Å². The van der Waals surface area contributed by atoms with Crippen LogP contribution in [0.4, 0.5) is 0 Å². The SMILES string of the molecule is CCC(SCC1OCCc2ccccc21)C(=O)O. The van der Waals surface area contributed by atoms with Gasteiger partial charge in [0.15, 0.2) is 0 Å². The number of fused-ring (bicyclic) bond motifs is 1. The van der Waals surface area contributed by atoms with E-state index in [-0.39, 0.29) is 11.4 Å². The molecule has 2 rings (SSSR count). The number of carboxylic acids is 1. The summed E-state index contributed by atoms with van der Waals surface area (Å²) in [6.07, 6.45) is 1.63. The zero-order valence-electron chi connectivity index (χ0n) is 10.5. The molecule has 1 aliphatic heterocycles. The lowest BCUT2D eigenvalue weighted by atomic mass is 9.99. The van der Waals surface area contributed by atoms with E-state index in [4.69, 9.17) is 9.84 Å². The lowest BCUT2D eigenvalue weighted by Gasteiger charge is -2.26. The fourth-order valence-electron chi connectivity index (χ4n) is 2.18. The Hall–Kier alpha value is -1.00. The van der Waals surface area contributed by atoms with Gasteiger partial charge >= 0.3 is 5.97 Å². The van der Waals surface area contributed by atoms with Crippen molar-refractivity contribution in [3.05, 3.63) is 35.4 Å². The molecule has 1 aliphatic rings. The smallest absolute Gasteiger partial charge is 0.316 e. The Balaban J connectivity index is 2.01. The lowest BCUT2D eigenvalue weighted by Crippen LogP contribution is -2.21. The molecule has 0 aromatic heterocycles. The molecule has 3 nitrogen and oxygen atoms in total. The van der Waals surface area contributed by atoms with Gasteiger partial charge in [-0.25, -0.2) is 0 Å². The van der Waals surface area contributed by atoms with Crippen molar-refractivity contribution < 1.29 is 14.6 Å². The summed E-state index contributed by atoms with van der Waals surface area (Å²) in [5.74, 6) is -0.0199. The van der Waals surface area contributed by atoms with Crippen LogP contribution in [0.1, 0.15) is 30.6 Å². The van der Waals surface area contributed by atoms with Gasteiger partial charge in [0.1, 0.15) is 5.25 Å². The van der Waals surface area contributed by atoms with Crippen molar-refractivity contribution >= 4 is 17.7 Å². The minimum atomic E-state index is -0.730. The van der Waals surface area contributed by atoms with E-state index < -0.39 is 5.97 Å². The quantitative estimate of drug-likeness (QED) is 0.890. The Kier molecular flexibility index (Phi) is 4.66. The monoisotopic (exact) mass is 266 g/mol. The molecule has 0 amide bonds. The Morgan fingerprint density at radius 2 is 2.33 bits per heavy atom. The molecule has 1 aromatic carbocycles. The highest BCUT2D eigenvalue weighted by Crippen LogP contribution is 2.31. The maximum atomic E-state index is 11.0. The summed E-state index contributed by atoms with van der Waals surface area (Å²) < 4.78 is 5.77.